The summed E-state index contributed by atoms with van der Waals surface area (Å²) >= 11 is 0. The van der Waals surface area contributed by atoms with E-state index in [0.717, 1.165) is 5.92 Å². The smallest absolute Gasteiger partial charge is 0.0354 e. The highest BCUT2D eigenvalue weighted by Gasteiger charge is 2.22. The van der Waals surface area contributed by atoms with Crippen molar-refractivity contribution in [3.05, 3.63) is 0 Å². The summed E-state index contributed by atoms with van der Waals surface area (Å²) in [6.07, 6.45) is 11.8. The van der Waals surface area contributed by atoms with Crippen LogP contribution in [0.4, 0.5) is 0 Å². The van der Waals surface area contributed by atoms with Crippen LogP contribution in [0.5, 0.6) is 0 Å². The molecule has 0 aliphatic heterocycles. The Morgan fingerprint density at radius 1 is 1.00 bits per heavy atom. The van der Waals surface area contributed by atoms with Gasteiger partial charge in [0, 0.05) is 0 Å². The third-order valence-corrected chi connectivity index (χ3v) is 3.77. The Morgan fingerprint density at radius 2 is 1.54 bits per heavy atom. The predicted molar refractivity (Wildman–Crippen MR) is 59.9 cm³/mol. The van der Waals surface area contributed by atoms with Crippen molar-refractivity contribution < 1.29 is 0 Å². The molecule has 0 amide bonds. The molecule has 0 aromatic carbocycles. The van der Waals surface area contributed by atoms with Gasteiger partial charge in [0.2, 0.25) is 0 Å². The van der Waals surface area contributed by atoms with E-state index in [1.54, 1.807) is 0 Å². The molecule has 1 fully saturated rings. The maximum atomic E-state index is 2.43. The molecule has 0 radical (unpaired) electrons. The van der Waals surface area contributed by atoms with Gasteiger partial charge in [0.1, 0.15) is 0 Å². The first-order chi connectivity index (χ1) is 6.14. The van der Waals surface area contributed by atoms with Crippen LogP contribution in [-0.2, 0) is 0 Å². The normalized spacial score (nSPS) is 21.5. The standard InChI is InChI=1S/C13H26/c1-4-13(2,3)11-12-9-7-5-6-8-10-12/h12H,4-11H2,1-3H3. The Labute approximate surface area is 84.1 Å². The molecule has 1 rings (SSSR count). The van der Waals surface area contributed by atoms with Crippen molar-refractivity contribution in [1.82, 2.24) is 0 Å². The lowest BCUT2D eigenvalue weighted by Gasteiger charge is -2.28. The van der Waals surface area contributed by atoms with Gasteiger partial charge in [-0.3, -0.25) is 0 Å². The average molecular weight is 182 g/mol. The van der Waals surface area contributed by atoms with E-state index >= 15 is 0 Å². The van der Waals surface area contributed by atoms with Crippen LogP contribution in [0, 0.1) is 11.3 Å². The second-order valence-corrected chi connectivity index (χ2v) is 5.58. The van der Waals surface area contributed by atoms with Crippen molar-refractivity contribution in [2.75, 3.05) is 0 Å². The highest BCUT2D eigenvalue weighted by atomic mass is 14.3. The molecule has 0 N–H and O–H groups in total. The van der Waals surface area contributed by atoms with Gasteiger partial charge in [0.25, 0.3) is 0 Å². The molecule has 0 unspecified atom stereocenters. The van der Waals surface area contributed by atoms with Gasteiger partial charge >= 0.3 is 0 Å². The van der Waals surface area contributed by atoms with E-state index in [2.05, 4.69) is 20.8 Å². The lowest BCUT2D eigenvalue weighted by Crippen LogP contribution is -2.15. The molecule has 0 nitrogen and oxygen atoms in total. The van der Waals surface area contributed by atoms with Crippen molar-refractivity contribution in [3.8, 4) is 0 Å². The lowest BCUT2D eigenvalue weighted by atomic mass is 9.78. The Balaban J connectivity index is 2.33. The van der Waals surface area contributed by atoms with Crippen LogP contribution < -0.4 is 0 Å². The summed E-state index contributed by atoms with van der Waals surface area (Å²) in [5.41, 5.74) is 0.592. The quantitative estimate of drug-likeness (QED) is 0.551. The fraction of sp³-hybridized carbons (Fsp3) is 1.00. The van der Waals surface area contributed by atoms with E-state index in [1.165, 1.54) is 51.4 Å². The molecular formula is C13H26. The third-order valence-electron chi connectivity index (χ3n) is 3.77. The lowest BCUT2D eigenvalue weighted by molar-refractivity contribution is 0.241. The molecule has 0 spiro atoms. The molecule has 13 heavy (non-hydrogen) atoms. The molecule has 0 heteroatoms. The topological polar surface area (TPSA) is 0 Å². The number of hydrogen-bond donors (Lipinski definition) is 0. The van der Waals surface area contributed by atoms with Crippen LogP contribution in [0.15, 0.2) is 0 Å². The predicted octanol–water partition coefficient (Wildman–Crippen LogP) is 4.78. The molecular weight excluding hydrogens is 156 g/mol. The zero-order valence-electron chi connectivity index (χ0n) is 9.73. The maximum absolute atomic E-state index is 2.43. The summed E-state index contributed by atoms with van der Waals surface area (Å²) in [4.78, 5) is 0. The third kappa shape index (κ3) is 4.15. The molecule has 0 aromatic rings. The van der Waals surface area contributed by atoms with Crippen LogP contribution in [0.25, 0.3) is 0 Å². The first-order valence-electron chi connectivity index (χ1n) is 6.14. The van der Waals surface area contributed by atoms with Gasteiger partial charge in [-0.25, -0.2) is 0 Å². The minimum absolute atomic E-state index is 0.592. The van der Waals surface area contributed by atoms with Crippen molar-refractivity contribution in [2.45, 2.75) is 72.1 Å². The van der Waals surface area contributed by atoms with E-state index in [4.69, 9.17) is 0 Å². The minimum atomic E-state index is 0.592. The van der Waals surface area contributed by atoms with E-state index < -0.39 is 0 Å². The molecule has 0 aromatic heterocycles. The molecule has 0 saturated heterocycles. The zero-order chi connectivity index (χ0) is 9.73. The van der Waals surface area contributed by atoms with Crippen molar-refractivity contribution in [1.29, 1.82) is 0 Å². The van der Waals surface area contributed by atoms with Gasteiger partial charge in [-0.2, -0.15) is 0 Å². The zero-order valence-corrected chi connectivity index (χ0v) is 9.73. The van der Waals surface area contributed by atoms with Crippen LogP contribution in [0.2, 0.25) is 0 Å². The van der Waals surface area contributed by atoms with Crippen LogP contribution in [0.3, 0.4) is 0 Å². The van der Waals surface area contributed by atoms with E-state index in [9.17, 15) is 0 Å². The first-order valence-corrected chi connectivity index (χ1v) is 6.14. The largest absolute Gasteiger partial charge is 0.0649 e. The fourth-order valence-electron chi connectivity index (χ4n) is 2.49. The molecule has 1 saturated carbocycles. The Morgan fingerprint density at radius 3 is 2.00 bits per heavy atom. The van der Waals surface area contributed by atoms with Gasteiger partial charge in [-0.05, 0) is 17.8 Å². The first kappa shape index (κ1) is 11.1. The van der Waals surface area contributed by atoms with E-state index in [1.807, 2.05) is 0 Å². The minimum Gasteiger partial charge on any atom is -0.0649 e. The summed E-state index contributed by atoms with van der Waals surface area (Å²) < 4.78 is 0. The van der Waals surface area contributed by atoms with Gasteiger partial charge in [-0.1, -0.05) is 65.7 Å². The Kier molecular flexibility index (Phi) is 4.28. The van der Waals surface area contributed by atoms with Gasteiger partial charge in [0.05, 0.1) is 0 Å². The Bertz CT molecular complexity index is 127. The average Bonchev–Trinajstić information content (AvgIpc) is 2.32. The van der Waals surface area contributed by atoms with Gasteiger partial charge in [0.15, 0.2) is 0 Å². The molecule has 0 heterocycles. The fourth-order valence-corrected chi connectivity index (χ4v) is 2.49. The van der Waals surface area contributed by atoms with E-state index in [0.29, 0.717) is 5.41 Å². The summed E-state index contributed by atoms with van der Waals surface area (Å²) in [6.45, 7) is 7.19. The highest BCUT2D eigenvalue weighted by molar-refractivity contribution is 4.74. The van der Waals surface area contributed by atoms with Crippen LogP contribution in [0.1, 0.15) is 72.1 Å². The maximum Gasteiger partial charge on any atom is -0.0354 e. The summed E-state index contributed by atoms with van der Waals surface area (Å²) in [7, 11) is 0. The summed E-state index contributed by atoms with van der Waals surface area (Å²) in [5.74, 6) is 1.04. The van der Waals surface area contributed by atoms with Gasteiger partial charge < -0.3 is 0 Å². The van der Waals surface area contributed by atoms with Crippen LogP contribution in [-0.4, -0.2) is 0 Å². The number of rotatable bonds is 3. The molecule has 78 valence electrons. The van der Waals surface area contributed by atoms with E-state index in [-0.39, 0.29) is 0 Å². The second-order valence-electron chi connectivity index (χ2n) is 5.58. The van der Waals surface area contributed by atoms with Crippen molar-refractivity contribution >= 4 is 0 Å². The second kappa shape index (κ2) is 5.02. The summed E-state index contributed by atoms with van der Waals surface area (Å²) in [5, 5.41) is 0. The van der Waals surface area contributed by atoms with Crippen molar-refractivity contribution in [3.63, 3.8) is 0 Å². The van der Waals surface area contributed by atoms with Crippen molar-refractivity contribution in [2.24, 2.45) is 11.3 Å². The molecule has 0 atom stereocenters. The molecule has 1 aliphatic rings. The summed E-state index contributed by atoms with van der Waals surface area (Å²) in [6, 6.07) is 0. The van der Waals surface area contributed by atoms with Gasteiger partial charge in [-0.15, -0.1) is 0 Å². The van der Waals surface area contributed by atoms with Crippen LogP contribution >= 0.6 is 0 Å². The molecule has 0 bridgehead atoms. The highest BCUT2D eigenvalue weighted by Crippen LogP contribution is 2.35. The molecule has 1 aliphatic carbocycles. The Hall–Kier alpha value is 0. The number of hydrogen-bond acceptors (Lipinski definition) is 0. The SMILES string of the molecule is CCC(C)(C)CC1CCCCCC1. The monoisotopic (exact) mass is 182 g/mol.